The zero-order valence-electron chi connectivity index (χ0n) is 21.0. The first-order valence-electron chi connectivity index (χ1n) is 12.1. The molecule has 0 aliphatic carbocycles. The number of aromatic carboxylic acids is 1. The maximum atomic E-state index is 15.3. The second kappa shape index (κ2) is 11.1. The average molecular weight is 532 g/mol. The summed E-state index contributed by atoms with van der Waals surface area (Å²) in [6.07, 6.45) is 0.240. The summed E-state index contributed by atoms with van der Waals surface area (Å²) in [6.45, 7) is 3.35. The van der Waals surface area contributed by atoms with Gasteiger partial charge in [0.2, 0.25) is 5.88 Å². The fraction of sp³-hybridized carbons (Fsp3) is 0.207. The third-order valence-electron chi connectivity index (χ3n) is 6.19. The van der Waals surface area contributed by atoms with Gasteiger partial charge in [-0.05, 0) is 54.3 Å². The largest absolute Gasteiger partial charge is 0.478 e. The molecular weight excluding hydrogens is 505 g/mol. The number of thiophene rings is 1. The number of aryl methyl sites for hydroxylation is 1. The fourth-order valence-electron chi connectivity index (χ4n) is 4.28. The minimum absolute atomic E-state index is 0.169. The van der Waals surface area contributed by atoms with E-state index in [0.29, 0.717) is 59.3 Å². The normalized spacial score (nSPS) is 11.2. The zero-order valence-corrected chi connectivity index (χ0v) is 21.8. The lowest BCUT2D eigenvalue weighted by Crippen LogP contribution is -2.10. The van der Waals surface area contributed by atoms with Crippen molar-refractivity contribution in [3.05, 3.63) is 99.3 Å². The maximum absolute atomic E-state index is 15.3. The smallest absolute Gasteiger partial charge is 0.335 e. The second-order valence-corrected chi connectivity index (χ2v) is 9.99. The van der Waals surface area contributed by atoms with Crippen molar-refractivity contribution in [3.8, 4) is 17.1 Å². The van der Waals surface area contributed by atoms with E-state index in [-0.39, 0.29) is 17.8 Å². The van der Waals surface area contributed by atoms with Gasteiger partial charge < -0.3 is 19.1 Å². The zero-order chi connectivity index (χ0) is 26.6. The number of imidazole rings is 1. The summed E-state index contributed by atoms with van der Waals surface area (Å²) >= 11 is 1.67. The van der Waals surface area contributed by atoms with Crippen molar-refractivity contribution in [2.45, 2.75) is 26.5 Å². The average Bonchev–Trinajstić information content (AvgIpc) is 3.49. The topological polar surface area (TPSA) is 86.5 Å². The monoisotopic (exact) mass is 531 g/mol. The number of halogens is 1. The Bertz CT molecular complexity index is 1610. The van der Waals surface area contributed by atoms with E-state index in [1.54, 1.807) is 42.7 Å². The quantitative estimate of drug-likeness (QED) is 0.234. The summed E-state index contributed by atoms with van der Waals surface area (Å²) in [6, 6.07) is 17.3. The number of carboxylic acids is 1. The highest BCUT2D eigenvalue weighted by Gasteiger charge is 2.16. The molecule has 0 unspecified atom stereocenters. The highest BCUT2D eigenvalue weighted by Crippen LogP contribution is 2.26. The van der Waals surface area contributed by atoms with Crippen molar-refractivity contribution >= 4 is 28.3 Å². The summed E-state index contributed by atoms with van der Waals surface area (Å²) in [5.41, 5.74) is 4.31. The van der Waals surface area contributed by atoms with Crippen LogP contribution in [0.25, 0.3) is 22.3 Å². The van der Waals surface area contributed by atoms with Crippen LogP contribution in [-0.4, -0.2) is 39.3 Å². The third-order valence-corrected chi connectivity index (χ3v) is 7.10. The third kappa shape index (κ3) is 5.58. The molecule has 2 aromatic carbocycles. The number of rotatable bonds is 10. The summed E-state index contributed by atoms with van der Waals surface area (Å²) in [5.74, 6) is -0.285. The molecule has 5 rings (SSSR count). The molecule has 0 aliphatic heterocycles. The SMILES string of the molecule is COCCn1c(Cc2ccc(-c3cccc(OCc4csc(C)c4)n3)cc2F)nc2ccc(C(=O)O)cc21. The molecular formula is C29H26FN3O4S. The number of pyridine rings is 1. The van der Waals surface area contributed by atoms with Crippen LogP contribution in [0.5, 0.6) is 5.88 Å². The molecule has 1 N–H and O–H groups in total. The minimum Gasteiger partial charge on any atom is -0.478 e. The molecule has 7 nitrogen and oxygen atoms in total. The van der Waals surface area contributed by atoms with Crippen LogP contribution < -0.4 is 4.74 Å². The van der Waals surface area contributed by atoms with Crippen LogP contribution in [0.1, 0.15) is 32.2 Å². The summed E-state index contributed by atoms with van der Waals surface area (Å²) in [7, 11) is 1.59. The van der Waals surface area contributed by atoms with Crippen molar-refractivity contribution in [2.24, 2.45) is 0 Å². The number of benzene rings is 2. The number of hydrogen-bond acceptors (Lipinski definition) is 6. The molecule has 0 radical (unpaired) electrons. The van der Waals surface area contributed by atoms with Gasteiger partial charge in [-0.25, -0.2) is 19.2 Å². The number of methoxy groups -OCH3 is 1. The van der Waals surface area contributed by atoms with Crippen LogP contribution in [-0.2, 0) is 24.3 Å². The Morgan fingerprint density at radius 3 is 2.71 bits per heavy atom. The van der Waals surface area contributed by atoms with Crippen LogP contribution in [0.4, 0.5) is 4.39 Å². The van der Waals surface area contributed by atoms with E-state index >= 15 is 4.39 Å². The fourth-order valence-corrected chi connectivity index (χ4v) is 4.97. The van der Waals surface area contributed by atoms with Crippen LogP contribution in [0.3, 0.4) is 0 Å². The van der Waals surface area contributed by atoms with E-state index in [1.165, 1.54) is 17.0 Å². The first-order chi connectivity index (χ1) is 18.4. The molecule has 0 amide bonds. The van der Waals surface area contributed by atoms with E-state index in [4.69, 9.17) is 9.47 Å². The molecule has 0 saturated carbocycles. The molecule has 38 heavy (non-hydrogen) atoms. The van der Waals surface area contributed by atoms with E-state index in [2.05, 4.69) is 28.3 Å². The number of aromatic nitrogens is 3. The molecule has 9 heteroatoms. The standard InChI is InChI=1S/C29H26FN3O4S/c1-18-12-19(17-38-18)16-37-28-5-3-4-24(32-28)21-7-6-20(23(30)13-21)15-27-31-25-9-8-22(29(34)35)14-26(25)33(27)10-11-36-2/h3-9,12-14,17H,10-11,15-16H2,1-2H3,(H,34,35). The van der Waals surface area contributed by atoms with Gasteiger partial charge in [0.05, 0.1) is 28.9 Å². The lowest BCUT2D eigenvalue weighted by Gasteiger charge is -2.11. The van der Waals surface area contributed by atoms with Crippen molar-refractivity contribution in [3.63, 3.8) is 0 Å². The summed E-state index contributed by atoms with van der Waals surface area (Å²) < 4.78 is 28.3. The number of fused-ring (bicyclic) bond motifs is 1. The van der Waals surface area contributed by atoms with Crippen LogP contribution in [0.15, 0.2) is 66.0 Å². The molecule has 0 spiro atoms. The molecule has 3 aromatic heterocycles. The van der Waals surface area contributed by atoms with Crippen molar-refractivity contribution in [1.82, 2.24) is 14.5 Å². The van der Waals surface area contributed by atoms with Crippen LogP contribution in [0, 0.1) is 12.7 Å². The molecule has 0 fully saturated rings. The Balaban J connectivity index is 1.38. The summed E-state index contributed by atoms with van der Waals surface area (Å²) in [5, 5.41) is 11.5. The van der Waals surface area contributed by atoms with E-state index < -0.39 is 5.97 Å². The van der Waals surface area contributed by atoms with Gasteiger partial charge in [-0.1, -0.05) is 18.2 Å². The Labute approximate surface area is 223 Å². The van der Waals surface area contributed by atoms with Crippen molar-refractivity contribution < 1.29 is 23.8 Å². The molecule has 0 saturated heterocycles. The van der Waals surface area contributed by atoms with E-state index in [9.17, 15) is 9.90 Å². The number of carbonyl (C=O) groups is 1. The molecule has 5 aromatic rings. The second-order valence-electron chi connectivity index (χ2n) is 8.88. The van der Waals surface area contributed by atoms with Gasteiger partial charge >= 0.3 is 5.97 Å². The van der Waals surface area contributed by atoms with Gasteiger partial charge in [0, 0.05) is 42.1 Å². The molecule has 0 atom stereocenters. The Morgan fingerprint density at radius 1 is 1.11 bits per heavy atom. The van der Waals surface area contributed by atoms with E-state index in [0.717, 1.165) is 5.56 Å². The number of hydrogen-bond donors (Lipinski definition) is 1. The predicted molar refractivity (Wildman–Crippen MR) is 144 cm³/mol. The first-order valence-corrected chi connectivity index (χ1v) is 12.9. The number of carboxylic acid groups (broad SMARTS) is 1. The van der Waals surface area contributed by atoms with Gasteiger partial charge in [0.1, 0.15) is 18.2 Å². The van der Waals surface area contributed by atoms with Gasteiger partial charge in [-0.15, -0.1) is 11.3 Å². The van der Waals surface area contributed by atoms with Crippen molar-refractivity contribution in [2.75, 3.05) is 13.7 Å². The van der Waals surface area contributed by atoms with E-state index in [1.807, 2.05) is 22.8 Å². The lowest BCUT2D eigenvalue weighted by molar-refractivity contribution is 0.0697. The molecule has 0 aliphatic rings. The Morgan fingerprint density at radius 2 is 1.97 bits per heavy atom. The molecule has 3 heterocycles. The Hall–Kier alpha value is -4.08. The summed E-state index contributed by atoms with van der Waals surface area (Å²) in [4.78, 5) is 21.9. The molecule has 194 valence electrons. The highest BCUT2D eigenvalue weighted by atomic mass is 32.1. The van der Waals surface area contributed by atoms with Gasteiger partial charge in [0.25, 0.3) is 0 Å². The molecule has 0 bridgehead atoms. The highest BCUT2D eigenvalue weighted by molar-refractivity contribution is 7.10. The minimum atomic E-state index is -1.01. The maximum Gasteiger partial charge on any atom is 0.335 e. The predicted octanol–water partition coefficient (Wildman–Crippen LogP) is 6.12. The number of ether oxygens (including phenoxy) is 2. The van der Waals surface area contributed by atoms with Gasteiger partial charge in [-0.3, -0.25) is 0 Å². The van der Waals surface area contributed by atoms with Gasteiger partial charge in [0.15, 0.2) is 0 Å². The van der Waals surface area contributed by atoms with Crippen LogP contribution in [0.2, 0.25) is 0 Å². The van der Waals surface area contributed by atoms with Gasteiger partial charge in [-0.2, -0.15) is 0 Å². The first kappa shape index (κ1) is 25.6. The van der Waals surface area contributed by atoms with Crippen LogP contribution >= 0.6 is 11.3 Å². The number of nitrogens with zero attached hydrogens (tertiary/aromatic N) is 3. The Kier molecular flexibility index (Phi) is 7.48. The van der Waals surface area contributed by atoms with Crippen molar-refractivity contribution in [1.29, 1.82) is 0 Å². The lowest BCUT2D eigenvalue weighted by atomic mass is 10.1.